The SMILES string of the molecule is CN1CCc2c(sc3nc[nH]c(=O)c23)C1=O. The van der Waals surface area contributed by atoms with Gasteiger partial charge in [-0.3, -0.25) is 9.59 Å². The summed E-state index contributed by atoms with van der Waals surface area (Å²) in [5.74, 6) is -0.0105. The van der Waals surface area contributed by atoms with Crippen LogP contribution in [0.25, 0.3) is 10.2 Å². The number of H-pyrrole nitrogens is 1. The molecule has 2 aromatic heterocycles. The number of amides is 1. The minimum Gasteiger partial charge on any atom is -0.341 e. The number of nitrogens with one attached hydrogen (secondary N) is 1. The first kappa shape index (κ1) is 9.53. The van der Waals surface area contributed by atoms with E-state index in [9.17, 15) is 9.59 Å². The van der Waals surface area contributed by atoms with Gasteiger partial charge in [0.25, 0.3) is 11.5 Å². The maximum absolute atomic E-state index is 11.9. The van der Waals surface area contributed by atoms with E-state index in [-0.39, 0.29) is 11.5 Å². The van der Waals surface area contributed by atoms with E-state index in [0.717, 1.165) is 12.0 Å². The van der Waals surface area contributed by atoms with Crippen molar-refractivity contribution in [2.24, 2.45) is 0 Å². The lowest BCUT2D eigenvalue weighted by Crippen LogP contribution is -2.33. The molecule has 5 nitrogen and oxygen atoms in total. The van der Waals surface area contributed by atoms with Crippen molar-refractivity contribution in [2.45, 2.75) is 6.42 Å². The molecule has 0 bridgehead atoms. The van der Waals surface area contributed by atoms with Crippen molar-refractivity contribution in [1.82, 2.24) is 14.9 Å². The summed E-state index contributed by atoms with van der Waals surface area (Å²) in [6, 6.07) is 0. The van der Waals surface area contributed by atoms with E-state index in [1.54, 1.807) is 11.9 Å². The van der Waals surface area contributed by atoms with Gasteiger partial charge in [0.15, 0.2) is 0 Å². The van der Waals surface area contributed by atoms with E-state index >= 15 is 0 Å². The largest absolute Gasteiger partial charge is 0.341 e. The zero-order valence-electron chi connectivity index (χ0n) is 8.61. The quantitative estimate of drug-likeness (QED) is 0.727. The van der Waals surface area contributed by atoms with Crippen molar-refractivity contribution in [2.75, 3.05) is 13.6 Å². The van der Waals surface area contributed by atoms with Crippen LogP contribution in [0.5, 0.6) is 0 Å². The molecule has 1 aliphatic heterocycles. The highest BCUT2D eigenvalue weighted by molar-refractivity contribution is 7.20. The summed E-state index contributed by atoms with van der Waals surface area (Å²) in [5.41, 5.74) is 0.706. The molecular formula is C10H9N3O2S. The van der Waals surface area contributed by atoms with Gasteiger partial charge in [-0.25, -0.2) is 4.98 Å². The molecule has 0 aliphatic carbocycles. The average molecular weight is 235 g/mol. The number of aromatic nitrogens is 2. The first-order valence-electron chi connectivity index (χ1n) is 4.93. The van der Waals surface area contributed by atoms with Gasteiger partial charge in [0.2, 0.25) is 0 Å². The Bertz CT molecular complexity index is 643. The van der Waals surface area contributed by atoms with Gasteiger partial charge in [-0.2, -0.15) is 0 Å². The molecule has 3 rings (SSSR count). The van der Waals surface area contributed by atoms with Gasteiger partial charge < -0.3 is 9.88 Å². The number of carbonyl (C=O) groups is 1. The van der Waals surface area contributed by atoms with Gasteiger partial charge in [0, 0.05) is 13.6 Å². The Morgan fingerprint density at radius 3 is 3.12 bits per heavy atom. The standard InChI is InChI=1S/C10H9N3O2S/c1-13-3-2-5-6-8(14)11-4-12-9(6)16-7(5)10(13)15/h4H,2-3H2,1H3,(H,11,12,14). The molecule has 0 spiro atoms. The molecule has 0 unspecified atom stereocenters. The number of hydrogen-bond donors (Lipinski definition) is 1. The first-order valence-corrected chi connectivity index (χ1v) is 5.74. The van der Waals surface area contributed by atoms with Crippen LogP contribution in [-0.2, 0) is 6.42 Å². The van der Waals surface area contributed by atoms with Gasteiger partial charge >= 0.3 is 0 Å². The Labute approximate surface area is 94.7 Å². The Morgan fingerprint density at radius 1 is 1.50 bits per heavy atom. The van der Waals surface area contributed by atoms with Crippen LogP contribution in [0.4, 0.5) is 0 Å². The first-order chi connectivity index (χ1) is 7.68. The van der Waals surface area contributed by atoms with Crippen LogP contribution in [0.1, 0.15) is 15.2 Å². The van der Waals surface area contributed by atoms with E-state index < -0.39 is 0 Å². The predicted octanol–water partition coefficient (Wildman–Crippen LogP) is 0.613. The molecule has 1 N–H and O–H groups in total. The third-order valence-corrected chi connectivity index (χ3v) is 3.96. The van der Waals surface area contributed by atoms with Crippen LogP contribution in [0, 0.1) is 0 Å². The van der Waals surface area contributed by atoms with E-state index in [2.05, 4.69) is 9.97 Å². The lowest BCUT2D eigenvalue weighted by Gasteiger charge is -2.21. The molecule has 1 aliphatic rings. The van der Waals surface area contributed by atoms with Gasteiger partial charge in [-0.05, 0) is 12.0 Å². The molecule has 0 saturated heterocycles. The van der Waals surface area contributed by atoms with Crippen molar-refractivity contribution in [3.63, 3.8) is 0 Å². The average Bonchev–Trinajstić information content (AvgIpc) is 2.64. The lowest BCUT2D eigenvalue weighted by molar-refractivity contribution is 0.0787. The maximum Gasteiger partial charge on any atom is 0.264 e. The maximum atomic E-state index is 11.9. The molecule has 1 amide bonds. The molecular weight excluding hydrogens is 226 g/mol. The molecule has 6 heteroatoms. The summed E-state index contributed by atoms with van der Waals surface area (Å²) in [6.07, 6.45) is 2.10. The number of carbonyl (C=O) groups excluding carboxylic acids is 1. The fraction of sp³-hybridized carbons (Fsp3) is 0.300. The Morgan fingerprint density at radius 2 is 2.31 bits per heavy atom. The molecule has 16 heavy (non-hydrogen) atoms. The van der Waals surface area contributed by atoms with E-state index in [0.29, 0.717) is 21.6 Å². The smallest absolute Gasteiger partial charge is 0.264 e. The summed E-state index contributed by atoms with van der Waals surface area (Å²) in [7, 11) is 1.77. The summed E-state index contributed by atoms with van der Waals surface area (Å²) >= 11 is 1.30. The highest BCUT2D eigenvalue weighted by Gasteiger charge is 2.27. The summed E-state index contributed by atoms with van der Waals surface area (Å²) in [6.45, 7) is 0.659. The van der Waals surface area contributed by atoms with Gasteiger partial charge in [0.05, 0.1) is 16.6 Å². The molecule has 0 radical (unpaired) electrons. The van der Waals surface area contributed by atoms with E-state index in [4.69, 9.17) is 0 Å². The Balaban J connectivity index is 2.40. The zero-order valence-corrected chi connectivity index (χ0v) is 9.43. The number of hydrogen-bond acceptors (Lipinski definition) is 4. The third kappa shape index (κ3) is 1.13. The Hall–Kier alpha value is -1.69. The summed E-state index contributed by atoms with van der Waals surface area (Å²) in [4.78, 5) is 33.2. The monoisotopic (exact) mass is 235 g/mol. The van der Waals surface area contributed by atoms with Crippen molar-refractivity contribution in [3.8, 4) is 0 Å². The molecule has 0 aromatic carbocycles. The lowest BCUT2D eigenvalue weighted by atomic mass is 10.1. The Kier molecular flexibility index (Phi) is 1.88. The predicted molar refractivity (Wildman–Crippen MR) is 60.9 cm³/mol. The van der Waals surface area contributed by atoms with Crippen molar-refractivity contribution in [3.05, 3.63) is 27.1 Å². The van der Waals surface area contributed by atoms with E-state index in [1.807, 2.05) is 0 Å². The van der Waals surface area contributed by atoms with Crippen LogP contribution < -0.4 is 5.56 Å². The molecule has 0 saturated carbocycles. The second-order valence-corrected chi connectivity index (χ2v) is 4.80. The van der Waals surface area contributed by atoms with Crippen molar-refractivity contribution in [1.29, 1.82) is 0 Å². The molecule has 0 atom stereocenters. The molecule has 82 valence electrons. The molecule has 3 heterocycles. The second-order valence-electron chi connectivity index (χ2n) is 3.80. The van der Waals surface area contributed by atoms with Crippen LogP contribution in [0.3, 0.4) is 0 Å². The fourth-order valence-corrected chi connectivity index (χ4v) is 3.15. The minimum absolute atomic E-state index is 0.0105. The summed E-state index contributed by atoms with van der Waals surface area (Å²) in [5, 5.41) is 0.587. The number of nitrogens with zero attached hydrogens (tertiary/aromatic N) is 2. The number of rotatable bonds is 0. The third-order valence-electron chi connectivity index (χ3n) is 2.83. The number of aromatic amines is 1. The van der Waals surface area contributed by atoms with Gasteiger partial charge in [-0.15, -0.1) is 11.3 Å². The van der Waals surface area contributed by atoms with Crippen molar-refractivity contribution < 1.29 is 4.79 Å². The van der Waals surface area contributed by atoms with Crippen LogP contribution in [-0.4, -0.2) is 34.4 Å². The molecule has 2 aromatic rings. The topological polar surface area (TPSA) is 66.1 Å². The second kappa shape index (κ2) is 3.15. The number of fused-ring (bicyclic) bond motifs is 3. The van der Waals surface area contributed by atoms with Crippen LogP contribution >= 0.6 is 11.3 Å². The molecule has 0 fully saturated rings. The van der Waals surface area contributed by atoms with Gasteiger partial charge in [-0.1, -0.05) is 0 Å². The zero-order chi connectivity index (χ0) is 11.3. The van der Waals surface area contributed by atoms with Crippen LogP contribution in [0.2, 0.25) is 0 Å². The van der Waals surface area contributed by atoms with E-state index in [1.165, 1.54) is 17.7 Å². The summed E-state index contributed by atoms with van der Waals surface area (Å²) < 4.78 is 0. The highest BCUT2D eigenvalue weighted by Crippen LogP contribution is 2.31. The highest BCUT2D eigenvalue weighted by atomic mass is 32.1. The number of likely N-dealkylation sites (N-methyl/N-ethyl adjacent to an activating group) is 1. The van der Waals surface area contributed by atoms with Gasteiger partial charge in [0.1, 0.15) is 4.83 Å². The van der Waals surface area contributed by atoms with Crippen LogP contribution in [0.15, 0.2) is 11.1 Å². The number of thiophene rings is 1. The minimum atomic E-state index is -0.153. The van der Waals surface area contributed by atoms with Crippen molar-refractivity contribution >= 4 is 27.5 Å². The normalized spacial score (nSPS) is 15.6. The fourth-order valence-electron chi connectivity index (χ4n) is 1.96.